The molecule has 2 atom stereocenters. The van der Waals surface area contributed by atoms with E-state index in [0.717, 1.165) is 29.9 Å². The lowest BCUT2D eigenvalue weighted by Crippen LogP contribution is -2.49. The van der Waals surface area contributed by atoms with Gasteiger partial charge in [0, 0.05) is 18.5 Å². The van der Waals surface area contributed by atoms with Crippen LogP contribution in [0.4, 0.5) is 0 Å². The molecule has 1 aliphatic carbocycles. The van der Waals surface area contributed by atoms with Gasteiger partial charge in [-0.15, -0.1) is 0 Å². The molecule has 3 aliphatic rings. The van der Waals surface area contributed by atoms with Crippen LogP contribution in [0.5, 0.6) is 11.5 Å². The normalized spacial score (nSPS) is 25.1. The molecule has 0 aromatic heterocycles. The second kappa shape index (κ2) is 5.36. The maximum Gasteiger partial charge on any atom is 0.256 e. The number of fused-ring (bicyclic) bond motifs is 4. The zero-order valence-corrected chi connectivity index (χ0v) is 13.3. The number of allylic oxidation sites excluding steroid dienone is 1. The van der Waals surface area contributed by atoms with Gasteiger partial charge in [-0.1, -0.05) is 35.4 Å². The number of ether oxygens (including phenoxy) is 2. The maximum atomic E-state index is 12.4. The highest BCUT2D eigenvalue weighted by atomic mass is 35.5. The minimum Gasteiger partial charge on any atom is -0.454 e. The van der Waals surface area contributed by atoms with E-state index in [4.69, 9.17) is 32.7 Å². The van der Waals surface area contributed by atoms with Gasteiger partial charge < -0.3 is 14.4 Å². The van der Waals surface area contributed by atoms with E-state index in [2.05, 4.69) is 18.2 Å². The summed E-state index contributed by atoms with van der Waals surface area (Å²) >= 11 is 11.7. The Morgan fingerprint density at radius 1 is 1.18 bits per heavy atom. The number of alkyl halides is 2. The van der Waals surface area contributed by atoms with Crippen LogP contribution in [0.25, 0.3) is 0 Å². The van der Waals surface area contributed by atoms with Gasteiger partial charge in [0.25, 0.3) is 5.91 Å². The Bertz CT molecular complexity index is 659. The van der Waals surface area contributed by atoms with Gasteiger partial charge in [-0.25, -0.2) is 0 Å². The molecule has 6 heteroatoms. The summed E-state index contributed by atoms with van der Waals surface area (Å²) in [7, 11) is 0. The molecule has 1 aromatic rings. The van der Waals surface area contributed by atoms with Gasteiger partial charge in [0.1, 0.15) is 0 Å². The van der Waals surface area contributed by atoms with Crippen molar-refractivity contribution in [3.63, 3.8) is 0 Å². The van der Waals surface area contributed by atoms with Crippen molar-refractivity contribution in [1.82, 2.24) is 4.90 Å². The molecule has 116 valence electrons. The highest BCUT2D eigenvalue weighted by Gasteiger charge is 2.40. The number of halogens is 2. The molecule has 0 bridgehead atoms. The molecular formula is C16H15Cl2NO3. The standard InChI is InChI=1S/C16H15Cl2NO3/c17-15(18)16(20)19-7-9-5-13-14(22-8-21-13)6-11(9)10-3-1-2-4-12(10)19/h1-2,5-6,10,12,15H,3-4,7-8H2. The van der Waals surface area contributed by atoms with Crippen LogP contribution < -0.4 is 9.47 Å². The number of hydrogen-bond acceptors (Lipinski definition) is 3. The minimum atomic E-state index is -1.03. The summed E-state index contributed by atoms with van der Waals surface area (Å²) in [6.45, 7) is 0.760. The van der Waals surface area contributed by atoms with Crippen molar-refractivity contribution in [1.29, 1.82) is 0 Å². The van der Waals surface area contributed by atoms with Crippen molar-refractivity contribution in [3.8, 4) is 11.5 Å². The third kappa shape index (κ3) is 2.17. The largest absolute Gasteiger partial charge is 0.454 e. The Morgan fingerprint density at radius 2 is 1.91 bits per heavy atom. The first-order valence-electron chi connectivity index (χ1n) is 7.31. The molecule has 1 amide bonds. The Morgan fingerprint density at radius 3 is 2.68 bits per heavy atom. The van der Waals surface area contributed by atoms with Crippen molar-refractivity contribution in [2.24, 2.45) is 0 Å². The lowest BCUT2D eigenvalue weighted by molar-refractivity contribution is -0.133. The van der Waals surface area contributed by atoms with Crippen molar-refractivity contribution in [2.75, 3.05) is 6.79 Å². The van der Waals surface area contributed by atoms with Gasteiger partial charge in [0.2, 0.25) is 6.79 Å². The molecule has 0 spiro atoms. The number of hydrogen-bond donors (Lipinski definition) is 0. The molecule has 0 radical (unpaired) electrons. The summed E-state index contributed by atoms with van der Waals surface area (Å²) < 4.78 is 10.9. The van der Waals surface area contributed by atoms with Crippen molar-refractivity contribution < 1.29 is 14.3 Å². The molecule has 22 heavy (non-hydrogen) atoms. The lowest BCUT2D eigenvalue weighted by Gasteiger charge is -2.43. The number of nitrogens with zero attached hydrogens (tertiary/aromatic N) is 1. The van der Waals surface area contributed by atoms with Crippen molar-refractivity contribution >= 4 is 29.1 Å². The predicted molar refractivity (Wildman–Crippen MR) is 83.5 cm³/mol. The second-order valence-corrected chi connectivity index (χ2v) is 6.88. The van der Waals surface area contributed by atoms with Gasteiger partial charge in [0.15, 0.2) is 16.3 Å². The van der Waals surface area contributed by atoms with Gasteiger partial charge in [-0.05, 0) is 36.1 Å². The molecule has 2 aliphatic heterocycles. The fourth-order valence-corrected chi connectivity index (χ4v) is 3.88. The number of carbonyl (C=O) groups excluding carboxylic acids is 1. The molecular weight excluding hydrogens is 325 g/mol. The SMILES string of the molecule is O=C(C(Cl)Cl)N1Cc2cc3c(cc2C2CC=CCC21)OCO3. The molecule has 0 fully saturated rings. The van der Waals surface area contributed by atoms with E-state index in [0.29, 0.717) is 6.54 Å². The maximum absolute atomic E-state index is 12.4. The van der Waals surface area contributed by atoms with Gasteiger partial charge in [0.05, 0.1) is 0 Å². The fourth-order valence-electron chi connectivity index (χ4n) is 3.63. The molecule has 4 rings (SSSR count). The lowest BCUT2D eigenvalue weighted by atomic mass is 9.77. The predicted octanol–water partition coefficient (Wildman–Crippen LogP) is 3.36. The Kier molecular flexibility index (Phi) is 3.46. The average molecular weight is 340 g/mol. The van der Waals surface area contributed by atoms with Crippen LogP contribution in [-0.4, -0.2) is 28.5 Å². The van der Waals surface area contributed by atoms with Gasteiger partial charge >= 0.3 is 0 Å². The van der Waals surface area contributed by atoms with Crippen LogP contribution in [0.15, 0.2) is 24.3 Å². The van der Waals surface area contributed by atoms with E-state index in [1.807, 2.05) is 11.0 Å². The second-order valence-electron chi connectivity index (χ2n) is 5.79. The van der Waals surface area contributed by atoms with Crippen LogP contribution in [0, 0.1) is 0 Å². The van der Waals surface area contributed by atoms with Crippen LogP contribution >= 0.6 is 23.2 Å². The monoisotopic (exact) mass is 339 g/mol. The van der Waals surface area contributed by atoms with Crippen molar-refractivity contribution in [2.45, 2.75) is 36.2 Å². The zero-order chi connectivity index (χ0) is 15.3. The van der Waals surface area contributed by atoms with Crippen LogP contribution in [0.1, 0.15) is 29.9 Å². The molecule has 0 saturated heterocycles. The Balaban J connectivity index is 1.78. The van der Waals surface area contributed by atoms with E-state index in [-0.39, 0.29) is 24.7 Å². The molecule has 2 heterocycles. The summed E-state index contributed by atoms with van der Waals surface area (Å²) in [6.07, 6.45) is 6.01. The molecule has 2 unspecified atom stereocenters. The van der Waals surface area contributed by atoms with Gasteiger partial charge in [-0.3, -0.25) is 4.79 Å². The Labute approximate surface area is 138 Å². The number of amides is 1. The summed E-state index contributed by atoms with van der Waals surface area (Å²) in [5.41, 5.74) is 2.33. The summed E-state index contributed by atoms with van der Waals surface area (Å²) in [5, 5.41) is 0. The van der Waals surface area contributed by atoms with E-state index >= 15 is 0 Å². The first-order valence-corrected chi connectivity index (χ1v) is 8.18. The first-order chi connectivity index (χ1) is 10.6. The third-order valence-corrected chi connectivity index (χ3v) is 5.02. The van der Waals surface area contributed by atoms with E-state index in [1.165, 1.54) is 5.56 Å². The third-order valence-electron chi connectivity index (χ3n) is 4.64. The highest BCUT2D eigenvalue weighted by Crippen LogP contribution is 2.45. The topological polar surface area (TPSA) is 38.8 Å². The molecule has 0 saturated carbocycles. The minimum absolute atomic E-state index is 0.102. The average Bonchev–Trinajstić information content (AvgIpc) is 2.98. The van der Waals surface area contributed by atoms with Crippen LogP contribution in [0.3, 0.4) is 0 Å². The summed E-state index contributed by atoms with van der Waals surface area (Å²) in [6, 6.07) is 4.14. The fraction of sp³-hybridized carbons (Fsp3) is 0.438. The number of rotatable bonds is 1. The molecule has 4 nitrogen and oxygen atoms in total. The van der Waals surface area contributed by atoms with Crippen LogP contribution in [0.2, 0.25) is 0 Å². The van der Waals surface area contributed by atoms with E-state index in [9.17, 15) is 4.79 Å². The summed E-state index contributed by atoms with van der Waals surface area (Å²) in [5.74, 6) is 1.56. The Hall–Kier alpha value is -1.39. The first kappa shape index (κ1) is 14.2. The smallest absolute Gasteiger partial charge is 0.256 e. The van der Waals surface area contributed by atoms with Crippen LogP contribution in [-0.2, 0) is 11.3 Å². The molecule has 1 aromatic carbocycles. The summed E-state index contributed by atoms with van der Waals surface area (Å²) in [4.78, 5) is 13.2. The number of carbonyl (C=O) groups is 1. The highest BCUT2D eigenvalue weighted by molar-refractivity contribution is 6.53. The molecule has 0 N–H and O–H groups in total. The van der Waals surface area contributed by atoms with Gasteiger partial charge in [-0.2, -0.15) is 0 Å². The van der Waals surface area contributed by atoms with E-state index in [1.54, 1.807) is 0 Å². The van der Waals surface area contributed by atoms with E-state index < -0.39 is 4.84 Å². The quantitative estimate of drug-likeness (QED) is 0.581. The number of benzene rings is 1. The zero-order valence-electron chi connectivity index (χ0n) is 11.8. The van der Waals surface area contributed by atoms with Crippen molar-refractivity contribution in [3.05, 3.63) is 35.4 Å².